The van der Waals surface area contributed by atoms with Crippen LogP contribution in [0.2, 0.25) is 0 Å². The quantitative estimate of drug-likeness (QED) is 0.0260. The Morgan fingerprint density at radius 3 is 1.00 bits per heavy atom. The van der Waals surface area contributed by atoms with E-state index in [0.717, 1.165) is 116 Å². The first-order chi connectivity index (χ1) is 27.3. The summed E-state index contributed by atoms with van der Waals surface area (Å²) in [5.74, 6) is 0. The molecule has 56 heavy (non-hydrogen) atoms. The molecule has 0 saturated heterocycles. The highest BCUT2D eigenvalue weighted by Gasteiger charge is 2.27. The molecule has 2 unspecified atom stereocenters. The molecule has 8 N–H and O–H groups in total. The SMILES string of the molecule is CCCCC/C=C\CCCOP(=O)(CCN(CCCN)CCCN)OCCCCCCOP(=O)(CCN(CCCN)CCCN)OCCC/C=C\CCCCC. The van der Waals surface area contributed by atoms with Crippen molar-refractivity contribution in [3.63, 3.8) is 0 Å². The fraction of sp³-hybridized carbons (Fsp3) is 0.905. The van der Waals surface area contributed by atoms with Crippen LogP contribution >= 0.6 is 15.2 Å². The van der Waals surface area contributed by atoms with Gasteiger partial charge in [-0.05, 0) is 142 Å². The standard InChI is InChI=1S/C42H90N6O6P2/c1-3-5-7-9-11-13-15-19-37-51-55(49,41-35-47(31-23-27-43)32-24-28-44)53-39-21-17-18-22-40-54-56(50,42-36-48(33-25-29-45)34-26-30-46)52-38-20-16-14-12-10-8-6-4-2/h11-14H,3-10,15-46H2,1-2H3/b13-11-,14-12-. The first-order valence-electron chi connectivity index (χ1n) is 22.6. The van der Waals surface area contributed by atoms with Gasteiger partial charge in [-0.1, -0.05) is 76.7 Å². The van der Waals surface area contributed by atoms with E-state index in [1.807, 2.05) is 0 Å². The Kier molecular flexibility index (Phi) is 40.9. The molecule has 0 aromatic heterocycles. The monoisotopic (exact) mass is 837 g/mol. The first-order valence-corrected chi connectivity index (χ1v) is 26.1. The average Bonchev–Trinajstić information content (AvgIpc) is 3.20. The van der Waals surface area contributed by atoms with Crippen molar-refractivity contribution in [3.8, 4) is 0 Å². The van der Waals surface area contributed by atoms with Gasteiger partial charge in [0.15, 0.2) is 0 Å². The third-order valence-electron chi connectivity index (χ3n) is 9.60. The topological polar surface area (TPSA) is 182 Å². The molecule has 0 aromatic carbocycles. The highest BCUT2D eigenvalue weighted by Crippen LogP contribution is 2.49. The number of hydrogen-bond acceptors (Lipinski definition) is 12. The second-order valence-corrected chi connectivity index (χ2v) is 19.3. The lowest BCUT2D eigenvalue weighted by Gasteiger charge is -2.25. The zero-order chi connectivity index (χ0) is 41.3. The summed E-state index contributed by atoms with van der Waals surface area (Å²) < 4.78 is 52.0. The summed E-state index contributed by atoms with van der Waals surface area (Å²) in [7, 11) is -6.55. The molecule has 0 rings (SSSR count). The number of hydrogen-bond donors (Lipinski definition) is 4. The van der Waals surface area contributed by atoms with Crippen LogP contribution in [0, 0.1) is 0 Å². The molecular weight excluding hydrogens is 746 g/mol. The van der Waals surface area contributed by atoms with Crippen LogP contribution in [0.15, 0.2) is 24.3 Å². The van der Waals surface area contributed by atoms with Crippen molar-refractivity contribution in [2.45, 2.75) is 142 Å². The maximum absolute atomic E-state index is 13.9. The summed E-state index contributed by atoms with van der Waals surface area (Å²) in [6.45, 7) is 13.1. The van der Waals surface area contributed by atoms with Crippen LogP contribution in [0.1, 0.15) is 142 Å². The van der Waals surface area contributed by atoms with Gasteiger partial charge in [0.1, 0.15) is 0 Å². The highest BCUT2D eigenvalue weighted by molar-refractivity contribution is 7.54. The van der Waals surface area contributed by atoms with Crippen molar-refractivity contribution >= 4 is 15.2 Å². The van der Waals surface area contributed by atoms with E-state index in [4.69, 9.17) is 41.0 Å². The maximum atomic E-state index is 13.9. The molecule has 0 aromatic rings. The fourth-order valence-corrected chi connectivity index (χ4v) is 9.41. The second kappa shape index (κ2) is 41.3. The van der Waals surface area contributed by atoms with E-state index in [0.29, 0.717) is 78.0 Å². The van der Waals surface area contributed by atoms with E-state index < -0.39 is 15.2 Å². The minimum Gasteiger partial charge on any atom is -0.330 e. The average molecular weight is 837 g/mol. The van der Waals surface area contributed by atoms with Crippen molar-refractivity contribution < 1.29 is 27.2 Å². The highest BCUT2D eigenvalue weighted by atomic mass is 31.2. The van der Waals surface area contributed by atoms with Crippen molar-refractivity contribution in [2.75, 3.05) is 104 Å². The molecule has 0 radical (unpaired) electrons. The lowest BCUT2D eigenvalue weighted by atomic mass is 10.2. The predicted molar refractivity (Wildman–Crippen MR) is 240 cm³/mol. The van der Waals surface area contributed by atoms with Crippen LogP contribution in [-0.4, -0.2) is 114 Å². The summed E-state index contributed by atoms with van der Waals surface area (Å²) in [6, 6.07) is 0. The molecular formula is C42H90N6O6P2. The third kappa shape index (κ3) is 35.5. The number of nitrogens with zero attached hydrogens (tertiary/aromatic N) is 2. The van der Waals surface area contributed by atoms with Gasteiger partial charge in [-0.25, -0.2) is 0 Å². The Bertz CT molecular complexity index is 903. The summed E-state index contributed by atoms with van der Waals surface area (Å²) in [4.78, 5) is 4.54. The number of allylic oxidation sites excluding steroid dienone is 4. The minimum atomic E-state index is -3.28. The molecule has 0 amide bonds. The lowest BCUT2D eigenvalue weighted by molar-refractivity contribution is 0.187. The van der Waals surface area contributed by atoms with E-state index in [9.17, 15) is 9.13 Å². The Morgan fingerprint density at radius 1 is 0.393 bits per heavy atom. The number of unbranched alkanes of at least 4 members (excludes halogenated alkanes) is 11. The van der Waals surface area contributed by atoms with Gasteiger partial charge in [0.05, 0.1) is 38.8 Å². The molecule has 0 spiro atoms. The molecule has 14 heteroatoms. The van der Waals surface area contributed by atoms with Gasteiger partial charge >= 0.3 is 15.2 Å². The smallest absolute Gasteiger partial charge is 0.330 e. The van der Waals surface area contributed by atoms with Crippen LogP contribution in [-0.2, 0) is 27.2 Å². The second-order valence-electron chi connectivity index (χ2n) is 14.9. The number of rotatable bonds is 45. The van der Waals surface area contributed by atoms with E-state index in [1.165, 1.54) is 38.5 Å². The Balaban J connectivity index is 5.02. The van der Waals surface area contributed by atoms with Crippen molar-refractivity contribution in [3.05, 3.63) is 24.3 Å². The molecule has 0 heterocycles. The van der Waals surface area contributed by atoms with Gasteiger partial charge < -0.3 is 50.8 Å². The van der Waals surface area contributed by atoms with E-state index >= 15 is 0 Å². The minimum absolute atomic E-state index is 0.350. The van der Waals surface area contributed by atoms with E-state index in [1.54, 1.807) is 0 Å². The summed E-state index contributed by atoms with van der Waals surface area (Å²) in [5.41, 5.74) is 23.1. The zero-order valence-electron chi connectivity index (χ0n) is 36.3. The molecule has 2 atom stereocenters. The normalized spacial score (nSPS) is 14.5. The summed E-state index contributed by atoms with van der Waals surface area (Å²) >= 11 is 0. The van der Waals surface area contributed by atoms with Crippen LogP contribution < -0.4 is 22.9 Å². The lowest BCUT2D eigenvalue weighted by Crippen LogP contribution is -2.31. The molecule has 0 fully saturated rings. The van der Waals surface area contributed by atoms with Gasteiger partial charge in [0, 0.05) is 13.1 Å². The molecule has 0 bridgehead atoms. The van der Waals surface area contributed by atoms with Crippen LogP contribution in [0.25, 0.3) is 0 Å². The Labute approximate surface area is 345 Å². The summed E-state index contributed by atoms with van der Waals surface area (Å²) in [5, 5.41) is 0. The van der Waals surface area contributed by atoms with Crippen LogP contribution in [0.5, 0.6) is 0 Å². The van der Waals surface area contributed by atoms with Crippen LogP contribution in [0.4, 0.5) is 0 Å². The fourth-order valence-electron chi connectivity index (χ4n) is 6.06. The van der Waals surface area contributed by atoms with Crippen molar-refractivity contribution in [1.82, 2.24) is 9.80 Å². The third-order valence-corrected chi connectivity index (χ3v) is 13.4. The molecule has 0 aliphatic carbocycles. The van der Waals surface area contributed by atoms with Crippen molar-refractivity contribution in [2.24, 2.45) is 22.9 Å². The molecule has 12 nitrogen and oxygen atoms in total. The molecule has 0 saturated carbocycles. The van der Waals surface area contributed by atoms with Gasteiger partial charge in [-0.2, -0.15) is 0 Å². The van der Waals surface area contributed by atoms with Crippen molar-refractivity contribution in [1.29, 1.82) is 0 Å². The predicted octanol–water partition coefficient (Wildman–Crippen LogP) is 8.83. The Hall–Kier alpha value is -0.460. The number of nitrogens with two attached hydrogens (primary N) is 4. The van der Waals surface area contributed by atoms with Gasteiger partial charge in [-0.15, -0.1) is 0 Å². The van der Waals surface area contributed by atoms with Gasteiger partial charge in [0.25, 0.3) is 0 Å². The van der Waals surface area contributed by atoms with E-state index in [2.05, 4.69) is 48.0 Å². The zero-order valence-corrected chi connectivity index (χ0v) is 38.1. The molecule has 0 aliphatic heterocycles. The Morgan fingerprint density at radius 2 is 0.696 bits per heavy atom. The van der Waals surface area contributed by atoms with Crippen LogP contribution in [0.3, 0.4) is 0 Å². The maximum Gasteiger partial charge on any atom is 0.331 e. The first kappa shape index (κ1) is 55.5. The molecule has 334 valence electrons. The molecule has 0 aliphatic rings. The summed E-state index contributed by atoms with van der Waals surface area (Å²) in [6.07, 6.45) is 29.5. The largest absolute Gasteiger partial charge is 0.331 e. The van der Waals surface area contributed by atoms with E-state index in [-0.39, 0.29) is 0 Å². The van der Waals surface area contributed by atoms with Gasteiger partial charge in [0.2, 0.25) is 0 Å². The van der Waals surface area contributed by atoms with Gasteiger partial charge in [-0.3, -0.25) is 9.13 Å².